The average Bonchev–Trinajstić information content (AvgIpc) is 2.32. The Labute approximate surface area is 105 Å². The van der Waals surface area contributed by atoms with Crippen molar-refractivity contribution in [1.82, 2.24) is 0 Å². The second kappa shape index (κ2) is 5.62. The van der Waals surface area contributed by atoms with Crippen molar-refractivity contribution in [3.05, 3.63) is 35.4 Å². The second-order valence-corrected chi connectivity index (χ2v) is 5.20. The summed E-state index contributed by atoms with van der Waals surface area (Å²) in [5.74, 6) is 0.609. The fraction of sp³-hybridized carbons (Fsp3) is 0.500. The molecule has 1 aliphatic carbocycles. The summed E-state index contributed by atoms with van der Waals surface area (Å²) >= 11 is 3.44. The predicted octanol–water partition coefficient (Wildman–Crippen LogP) is 3.85. The second-order valence-electron chi connectivity index (χ2n) is 4.40. The lowest BCUT2D eigenvalue weighted by molar-refractivity contribution is -0.121. The highest BCUT2D eigenvalue weighted by Gasteiger charge is 2.26. The standard InChI is InChI=1S/C14H17BrO/c15-10-4-3-7-13-12-6-2-1-5-11(12)8-9-14(13)16/h1-2,5-6,13H,3-4,7-10H2. The minimum Gasteiger partial charge on any atom is -0.299 e. The van der Waals surface area contributed by atoms with Crippen LogP contribution in [0.15, 0.2) is 24.3 Å². The van der Waals surface area contributed by atoms with Crippen LogP contribution in [-0.2, 0) is 11.2 Å². The van der Waals surface area contributed by atoms with Crippen LogP contribution in [0, 0.1) is 0 Å². The smallest absolute Gasteiger partial charge is 0.140 e. The van der Waals surface area contributed by atoms with E-state index in [0.717, 1.165) is 37.4 Å². The van der Waals surface area contributed by atoms with Gasteiger partial charge in [-0.25, -0.2) is 0 Å². The first-order valence-corrected chi connectivity index (χ1v) is 7.11. The minimum absolute atomic E-state index is 0.170. The number of hydrogen-bond donors (Lipinski definition) is 0. The number of benzene rings is 1. The van der Waals surface area contributed by atoms with E-state index in [9.17, 15) is 4.79 Å². The molecular weight excluding hydrogens is 264 g/mol. The Hall–Kier alpha value is -0.630. The van der Waals surface area contributed by atoms with Gasteiger partial charge in [-0.05, 0) is 30.4 Å². The number of aryl methyl sites for hydroxylation is 1. The molecule has 0 aromatic heterocycles. The van der Waals surface area contributed by atoms with Gasteiger partial charge in [0.2, 0.25) is 0 Å². The topological polar surface area (TPSA) is 17.1 Å². The summed E-state index contributed by atoms with van der Waals surface area (Å²) in [5.41, 5.74) is 2.67. The first-order chi connectivity index (χ1) is 7.83. The molecule has 0 heterocycles. The third kappa shape index (κ3) is 2.54. The number of carbonyl (C=O) groups is 1. The molecule has 1 unspecified atom stereocenters. The molecule has 0 saturated carbocycles. The molecule has 1 aliphatic rings. The zero-order valence-electron chi connectivity index (χ0n) is 9.42. The maximum atomic E-state index is 11.9. The number of fused-ring (bicyclic) bond motifs is 1. The Balaban J connectivity index is 2.13. The van der Waals surface area contributed by atoms with E-state index in [1.807, 2.05) is 0 Å². The number of Topliss-reactive ketones (excluding diaryl/α,β-unsaturated/α-hetero) is 1. The monoisotopic (exact) mass is 280 g/mol. The lowest BCUT2D eigenvalue weighted by atomic mass is 9.79. The molecule has 0 fully saturated rings. The highest BCUT2D eigenvalue weighted by atomic mass is 79.9. The summed E-state index contributed by atoms with van der Waals surface area (Å²) < 4.78 is 0. The van der Waals surface area contributed by atoms with E-state index in [0.29, 0.717) is 5.78 Å². The van der Waals surface area contributed by atoms with Crippen molar-refractivity contribution in [2.75, 3.05) is 5.33 Å². The predicted molar refractivity (Wildman–Crippen MR) is 70.2 cm³/mol. The fourth-order valence-corrected chi connectivity index (χ4v) is 2.86. The molecule has 0 N–H and O–H groups in total. The van der Waals surface area contributed by atoms with Crippen molar-refractivity contribution < 1.29 is 4.79 Å². The average molecular weight is 281 g/mol. The number of alkyl halides is 1. The Kier molecular flexibility index (Phi) is 4.16. The molecule has 0 spiro atoms. The van der Waals surface area contributed by atoms with Crippen LogP contribution in [0.3, 0.4) is 0 Å². The Morgan fingerprint density at radius 2 is 2.00 bits per heavy atom. The zero-order valence-corrected chi connectivity index (χ0v) is 11.0. The van der Waals surface area contributed by atoms with Crippen LogP contribution in [0.2, 0.25) is 0 Å². The van der Waals surface area contributed by atoms with E-state index < -0.39 is 0 Å². The van der Waals surface area contributed by atoms with Gasteiger partial charge in [0.25, 0.3) is 0 Å². The summed E-state index contributed by atoms with van der Waals surface area (Å²) in [7, 11) is 0. The van der Waals surface area contributed by atoms with Gasteiger partial charge in [0.1, 0.15) is 5.78 Å². The Morgan fingerprint density at radius 1 is 1.19 bits per heavy atom. The molecule has 1 atom stereocenters. The van der Waals surface area contributed by atoms with Gasteiger partial charge in [0.15, 0.2) is 0 Å². The van der Waals surface area contributed by atoms with Crippen LogP contribution in [0.1, 0.15) is 42.7 Å². The summed E-state index contributed by atoms with van der Waals surface area (Å²) in [6.45, 7) is 0. The normalized spacial score (nSPS) is 19.6. The van der Waals surface area contributed by atoms with E-state index in [1.54, 1.807) is 0 Å². The van der Waals surface area contributed by atoms with E-state index in [4.69, 9.17) is 0 Å². The summed E-state index contributed by atoms with van der Waals surface area (Å²) in [5, 5.41) is 1.04. The van der Waals surface area contributed by atoms with Crippen LogP contribution in [0.4, 0.5) is 0 Å². The van der Waals surface area contributed by atoms with Gasteiger partial charge in [0.05, 0.1) is 0 Å². The molecule has 0 bridgehead atoms. The molecule has 1 aromatic carbocycles. The molecule has 1 aromatic rings. The van der Waals surface area contributed by atoms with Gasteiger partial charge in [-0.3, -0.25) is 4.79 Å². The molecule has 0 saturated heterocycles. The highest BCUT2D eigenvalue weighted by molar-refractivity contribution is 9.09. The number of carbonyl (C=O) groups excluding carboxylic acids is 1. The fourth-order valence-electron chi connectivity index (χ4n) is 2.47. The minimum atomic E-state index is 0.170. The van der Waals surface area contributed by atoms with Crippen molar-refractivity contribution >= 4 is 21.7 Å². The number of ketones is 1. The molecule has 0 aliphatic heterocycles. The molecule has 2 heteroatoms. The molecular formula is C14H17BrO. The molecule has 0 amide bonds. The van der Waals surface area contributed by atoms with Crippen LogP contribution in [0.25, 0.3) is 0 Å². The van der Waals surface area contributed by atoms with E-state index in [-0.39, 0.29) is 5.92 Å². The molecule has 1 nitrogen and oxygen atoms in total. The maximum absolute atomic E-state index is 11.9. The Morgan fingerprint density at radius 3 is 2.81 bits per heavy atom. The van der Waals surface area contributed by atoms with Gasteiger partial charge >= 0.3 is 0 Å². The van der Waals surface area contributed by atoms with Gasteiger partial charge in [-0.2, -0.15) is 0 Å². The summed E-state index contributed by atoms with van der Waals surface area (Å²) in [4.78, 5) is 11.9. The SMILES string of the molecule is O=C1CCc2ccccc2C1CCCCBr. The van der Waals surface area contributed by atoms with Crippen molar-refractivity contribution in [3.63, 3.8) is 0 Å². The van der Waals surface area contributed by atoms with Gasteiger partial charge < -0.3 is 0 Å². The van der Waals surface area contributed by atoms with E-state index in [2.05, 4.69) is 40.2 Å². The summed E-state index contributed by atoms with van der Waals surface area (Å²) in [6.07, 6.45) is 4.98. The maximum Gasteiger partial charge on any atom is 0.140 e. The van der Waals surface area contributed by atoms with Crippen LogP contribution < -0.4 is 0 Å². The van der Waals surface area contributed by atoms with Gasteiger partial charge in [-0.15, -0.1) is 0 Å². The van der Waals surface area contributed by atoms with Gasteiger partial charge in [0, 0.05) is 17.7 Å². The van der Waals surface area contributed by atoms with E-state index in [1.165, 1.54) is 11.1 Å². The molecule has 86 valence electrons. The van der Waals surface area contributed by atoms with E-state index >= 15 is 0 Å². The van der Waals surface area contributed by atoms with Crippen molar-refractivity contribution in [3.8, 4) is 0 Å². The van der Waals surface area contributed by atoms with Crippen molar-refractivity contribution in [1.29, 1.82) is 0 Å². The van der Waals surface area contributed by atoms with Crippen LogP contribution >= 0.6 is 15.9 Å². The van der Waals surface area contributed by atoms with Gasteiger partial charge in [-0.1, -0.05) is 46.6 Å². The number of halogens is 1. The zero-order chi connectivity index (χ0) is 11.4. The van der Waals surface area contributed by atoms with Crippen LogP contribution in [0.5, 0.6) is 0 Å². The first-order valence-electron chi connectivity index (χ1n) is 5.99. The lowest BCUT2D eigenvalue weighted by Crippen LogP contribution is -2.20. The highest BCUT2D eigenvalue weighted by Crippen LogP contribution is 2.32. The third-order valence-electron chi connectivity index (χ3n) is 3.34. The first kappa shape index (κ1) is 11.8. The molecule has 2 rings (SSSR count). The largest absolute Gasteiger partial charge is 0.299 e. The number of unbranched alkanes of at least 4 members (excludes halogenated alkanes) is 1. The summed E-state index contributed by atoms with van der Waals surface area (Å²) in [6, 6.07) is 8.42. The van der Waals surface area contributed by atoms with Crippen LogP contribution in [-0.4, -0.2) is 11.1 Å². The number of hydrogen-bond acceptors (Lipinski definition) is 1. The van der Waals surface area contributed by atoms with Crippen molar-refractivity contribution in [2.24, 2.45) is 0 Å². The quantitative estimate of drug-likeness (QED) is 0.605. The molecule has 0 radical (unpaired) electrons. The number of rotatable bonds is 4. The third-order valence-corrected chi connectivity index (χ3v) is 3.90. The van der Waals surface area contributed by atoms with Crippen molar-refractivity contribution in [2.45, 2.75) is 38.0 Å². The lowest BCUT2D eigenvalue weighted by Gasteiger charge is -2.24. The Bertz CT molecular complexity index is 373. The molecule has 16 heavy (non-hydrogen) atoms.